The molecule has 0 bridgehead atoms. The average Bonchev–Trinajstić information content (AvgIpc) is 3.05. The molecule has 3 nitrogen and oxygen atoms in total. The molecule has 0 atom stereocenters. The lowest BCUT2D eigenvalue weighted by Gasteiger charge is -2.00. The molecule has 1 heterocycles. The van der Waals surface area contributed by atoms with Crippen LogP contribution in [0, 0.1) is 0 Å². The smallest absolute Gasteiger partial charge is 0.247 e. The molecule has 1 aromatic heterocycles. The highest BCUT2D eigenvalue weighted by molar-refractivity contribution is 9.10. The number of nitrogens with zero attached hydrogens (tertiary/aromatic N) is 2. The molecule has 4 rings (SSSR count). The predicted molar refractivity (Wildman–Crippen MR) is 94.2 cm³/mol. The van der Waals surface area contributed by atoms with Gasteiger partial charge in [-0.25, -0.2) is 0 Å². The van der Waals surface area contributed by atoms with Crippen molar-refractivity contribution in [1.82, 2.24) is 10.2 Å². The molecule has 0 aliphatic carbocycles. The van der Waals surface area contributed by atoms with E-state index in [1.54, 1.807) is 0 Å². The Morgan fingerprint density at radius 3 is 2.43 bits per heavy atom. The maximum atomic E-state index is 5.82. The Balaban J connectivity index is 1.62. The van der Waals surface area contributed by atoms with Gasteiger partial charge in [0.05, 0.1) is 6.42 Å². The summed E-state index contributed by atoms with van der Waals surface area (Å²) in [5.41, 5.74) is 2.08. The van der Waals surface area contributed by atoms with Crippen molar-refractivity contribution in [3.05, 3.63) is 82.7 Å². The average molecular weight is 365 g/mol. The molecule has 0 fully saturated rings. The lowest BCUT2D eigenvalue weighted by atomic mass is 10.1. The molecule has 0 spiro atoms. The fraction of sp³-hybridized carbons (Fsp3) is 0.0526. The van der Waals surface area contributed by atoms with Crippen LogP contribution in [0.4, 0.5) is 0 Å². The van der Waals surface area contributed by atoms with E-state index in [1.807, 2.05) is 42.5 Å². The summed E-state index contributed by atoms with van der Waals surface area (Å²) in [5.74, 6) is 1.18. The predicted octanol–water partition coefficient (Wildman–Crippen LogP) is 5.24. The number of hydrogen-bond acceptors (Lipinski definition) is 3. The van der Waals surface area contributed by atoms with E-state index < -0.39 is 0 Å². The SMILES string of the molecule is Brc1ccc(Cc2nnc(-c3ccc4ccccc4c3)o2)cc1. The highest BCUT2D eigenvalue weighted by atomic mass is 79.9. The standard InChI is InChI=1S/C19H13BrN2O/c20-17-9-5-13(6-10-17)11-18-21-22-19(23-18)16-8-7-14-3-1-2-4-15(14)12-16/h1-10,12H,11H2. The van der Waals surface area contributed by atoms with Crippen molar-refractivity contribution in [2.75, 3.05) is 0 Å². The number of aromatic nitrogens is 2. The molecule has 0 aliphatic heterocycles. The fourth-order valence-electron chi connectivity index (χ4n) is 2.54. The second-order valence-electron chi connectivity index (χ2n) is 5.37. The zero-order valence-corrected chi connectivity index (χ0v) is 13.8. The number of hydrogen-bond donors (Lipinski definition) is 0. The summed E-state index contributed by atoms with van der Waals surface area (Å²) in [6.45, 7) is 0. The highest BCUT2D eigenvalue weighted by Crippen LogP contribution is 2.24. The molecule has 0 N–H and O–H groups in total. The first-order chi connectivity index (χ1) is 11.3. The van der Waals surface area contributed by atoms with Crippen molar-refractivity contribution in [2.45, 2.75) is 6.42 Å². The van der Waals surface area contributed by atoms with E-state index in [4.69, 9.17) is 4.42 Å². The van der Waals surface area contributed by atoms with Crippen LogP contribution in [0.2, 0.25) is 0 Å². The number of fused-ring (bicyclic) bond motifs is 1. The summed E-state index contributed by atoms with van der Waals surface area (Å²) in [6, 6.07) is 22.5. The van der Waals surface area contributed by atoms with E-state index in [0.717, 1.165) is 21.0 Å². The zero-order valence-electron chi connectivity index (χ0n) is 12.2. The molecular weight excluding hydrogens is 352 g/mol. The summed E-state index contributed by atoms with van der Waals surface area (Å²) >= 11 is 3.43. The van der Waals surface area contributed by atoms with Gasteiger partial charge in [0, 0.05) is 10.0 Å². The van der Waals surface area contributed by atoms with Crippen LogP contribution >= 0.6 is 15.9 Å². The van der Waals surface area contributed by atoms with Crippen molar-refractivity contribution < 1.29 is 4.42 Å². The second-order valence-corrected chi connectivity index (χ2v) is 6.28. The first-order valence-electron chi connectivity index (χ1n) is 7.34. The maximum absolute atomic E-state index is 5.82. The Bertz CT molecular complexity index is 960. The van der Waals surface area contributed by atoms with E-state index in [9.17, 15) is 0 Å². The van der Waals surface area contributed by atoms with Crippen LogP contribution in [0.1, 0.15) is 11.5 Å². The molecule has 0 saturated carbocycles. The fourth-order valence-corrected chi connectivity index (χ4v) is 2.81. The van der Waals surface area contributed by atoms with Crippen molar-refractivity contribution >= 4 is 26.7 Å². The third-order valence-corrected chi connectivity index (χ3v) is 4.26. The topological polar surface area (TPSA) is 38.9 Å². The molecule has 0 radical (unpaired) electrons. The second kappa shape index (κ2) is 5.97. The number of halogens is 1. The molecule has 3 aromatic carbocycles. The Kier molecular flexibility index (Phi) is 3.67. The maximum Gasteiger partial charge on any atom is 0.247 e. The van der Waals surface area contributed by atoms with Gasteiger partial charge < -0.3 is 4.42 Å². The van der Waals surface area contributed by atoms with Crippen molar-refractivity contribution in [3.8, 4) is 11.5 Å². The molecule has 4 aromatic rings. The quantitative estimate of drug-likeness (QED) is 0.498. The van der Waals surface area contributed by atoms with Crippen LogP contribution in [0.25, 0.3) is 22.2 Å². The Morgan fingerprint density at radius 2 is 1.61 bits per heavy atom. The van der Waals surface area contributed by atoms with E-state index in [-0.39, 0.29) is 0 Å². The molecule has 112 valence electrons. The van der Waals surface area contributed by atoms with Gasteiger partial charge in [0.1, 0.15) is 0 Å². The first kappa shape index (κ1) is 14.2. The largest absolute Gasteiger partial charge is 0.420 e. The van der Waals surface area contributed by atoms with Gasteiger partial charge in [-0.05, 0) is 40.6 Å². The molecular formula is C19H13BrN2O. The van der Waals surface area contributed by atoms with Crippen LogP contribution in [-0.4, -0.2) is 10.2 Å². The van der Waals surface area contributed by atoms with E-state index in [1.165, 1.54) is 5.39 Å². The minimum Gasteiger partial charge on any atom is -0.420 e. The lowest BCUT2D eigenvalue weighted by Crippen LogP contribution is -1.87. The van der Waals surface area contributed by atoms with Crippen LogP contribution in [0.5, 0.6) is 0 Å². The monoisotopic (exact) mass is 364 g/mol. The van der Waals surface area contributed by atoms with Gasteiger partial charge in [0.2, 0.25) is 11.8 Å². The first-order valence-corrected chi connectivity index (χ1v) is 8.13. The molecule has 0 aliphatic rings. The highest BCUT2D eigenvalue weighted by Gasteiger charge is 2.09. The number of benzene rings is 3. The molecule has 0 unspecified atom stereocenters. The molecule has 0 saturated heterocycles. The lowest BCUT2D eigenvalue weighted by molar-refractivity contribution is 0.518. The summed E-state index contributed by atoms with van der Waals surface area (Å²) in [5, 5.41) is 10.7. The Hall–Kier alpha value is -2.46. The molecule has 4 heteroatoms. The zero-order chi connectivity index (χ0) is 15.6. The Morgan fingerprint density at radius 1 is 0.826 bits per heavy atom. The van der Waals surface area contributed by atoms with Crippen LogP contribution < -0.4 is 0 Å². The van der Waals surface area contributed by atoms with E-state index >= 15 is 0 Å². The van der Waals surface area contributed by atoms with Gasteiger partial charge in [-0.2, -0.15) is 0 Å². The van der Waals surface area contributed by atoms with Gasteiger partial charge >= 0.3 is 0 Å². The Labute approximate surface area is 142 Å². The summed E-state index contributed by atoms with van der Waals surface area (Å²) in [6.07, 6.45) is 0.633. The molecule has 23 heavy (non-hydrogen) atoms. The van der Waals surface area contributed by atoms with Crippen LogP contribution in [0.15, 0.2) is 75.6 Å². The van der Waals surface area contributed by atoms with Gasteiger partial charge in [0.25, 0.3) is 0 Å². The molecule has 0 amide bonds. The van der Waals surface area contributed by atoms with Crippen molar-refractivity contribution in [1.29, 1.82) is 0 Å². The van der Waals surface area contributed by atoms with Crippen molar-refractivity contribution in [2.24, 2.45) is 0 Å². The minimum atomic E-state index is 0.558. The minimum absolute atomic E-state index is 0.558. The van der Waals surface area contributed by atoms with Gasteiger partial charge in [-0.3, -0.25) is 0 Å². The number of rotatable bonds is 3. The van der Waals surface area contributed by atoms with Crippen LogP contribution in [-0.2, 0) is 6.42 Å². The summed E-state index contributed by atoms with van der Waals surface area (Å²) in [4.78, 5) is 0. The van der Waals surface area contributed by atoms with E-state index in [0.29, 0.717) is 18.2 Å². The third-order valence-electron chi connectivity index (χ3n) is 3.73. The van der Waals surface area contributed by atoms with Crippen LogP contribution in [0.3, 0.4) is 0 Å². The third kappa shape index (κ3) is 3.03. The van der Waals surface area contributed by atoms with Gasteiger partial charge in [0.15, 0.2) is 0 Å². The van der Waals surface area contributed by atoms with E-state index in [2.05, 4.69) is 50.4 Å². The van der Waals surface area contributed by atoms with Gasteiger partial charge in [-0.1, -0.05) is 58.4 Å². The van der Waals surface area contributed by atoms with Crippen molar-refractivity contribution in [3.63, 3.8) is 0 Å². The van der Waals surface area contributed by atoms with Gasteiger partial charge in [-0.15, -0.1) is 10.2 Å². The summed E-state index contributed by atoms with van der Waals surface area (Å²) < 4.78 is 6.88. The normalized spacial score (nSPS) is 11.0. The summed E-state index contributed by atoms with van der Waals surface area (Å²) in [7, 11) is 0.